The minimum absolute atomic E-state index is 0.0967. The fourth-order valence-corrected chi connectivity index (χ4v) is 3.09. The molecule has 20 heavy (non-hydrogen) atoms. The molecule has 3 rings (SSSR count). The maximum Gasteiger partial charge on any atom is 0.286 e. The maximum absolute atomic E-state index is 8.74. The lowest BCUT2D eigenvalue weighted by Gasteiger charge is -2.13. The summed E-state index contributed by atoms with van der Waals surface area (Å²) in [7, 11) is 1.95. The summed E-state index contributed by atoms with van der Waals surface area (Å²) in [4.78, 5) is 4.26. The van der Waals surface area contributed by atoms with Crippen LogP contribution in [0.15, 0.2) is 36.8 Å². The van der Waals surface area contributed by atoms with Crippen molar-refractivity contribution < 1.29 is 7.31 Å². The largest absolute Gasteiger partial charge is 0.286 e. The highest BCUT2D eigenvalue weighted by Gasteiger charge is 2.21. The zero-order valence-corrected chi connectivity index (χ0v) is 12.3. The Labute approximate surface area is 124 Å². The predicted molar refractivity (Wildman–Crippen MR) is 81.2 cm³/mol. The SMILES string of the molecule is [2H]C([2H])(c1cnc[n+](C)c1-c1ccccc1C)C1CCCC1. The van der Waals surface area contributed by atoms with Crippen LogP contribution in [0.2, 0.25) is 0 Å². The normalized spacial score (nSPS) is 17.9. The molecule has 1 heterocycles. The molecular formula is C18H23N2+. The summed E-state index contributed by atoms with van der Waals surface area (Å²) >= 11 is 0. The van der Waals surface area contributed by atoms with Gasteiger partial charge in [0.25, 0.3) is 6.33 Å². The van der Waals surface area contributed by atoms with Gasteiger partial charge in [-0.05, 0) is 24.8 Å². The molecule has 1 saturated carbocycles. The van der Waals surface area contributed by atoms with E-state index >= 15 is 0 Å². The molecule has 1 fully saturated rings. The van der Waals surface area contributed by atoms with Crippen molar-refractivity contribution in [2.24, 2.45) is 13.0 Å². The molecule has 0 unspecified atom stereocenters. The van der Waals surface area contributed by atoms with E-state index in [0.29, 0.717) is 0 Å². The first kappa shape index (κ1) is 11.0. The summed E-state index contributed by atoms with van der Waals surface area (Å²) in [6, 6.07) is 8.17. The first-order valence-electron chi connectivity index (χ1n) is 8.42. The van der Waals surface area contributed by atoms with Gasteiger partial charge in [-0.3, -0.25) is 0 Å². The van der Waals surface area contributed by atoms with Crippen LogP contribution in [0.1, 0.15) is 39.6 Å². The average molecular weight is 269 g/mol. The number of aromatic nitrogens is 2. The van der Waals surface area contributed by atoms with Gasteiger partial charge in [0.2, 0.25) is 0 Å². The summed E-state index contributed by atoms with van der Waals surface area (Å²) in [5.41, 5.74) is 3.92. The van der Waals surface area contributed by atoms with Crippen LogP contribution < -0.4 is 4.57 Å². The molecule has 1 aliphatic rings. The second kappa shape index (κ2) is 5.74. The van der Waals surface area contributed by atoms with Gasteiger partial charge in [0.05, 0.1) is 7.05 Å². The van der Waals surface area contributed by atoms with Crippen molar-refractivity contribution in [3.8, 4) is 11.3 Å². The Kier molecular flexibility index (Phi) is 3.16. The molecule has 1 aromatic carbocycles. The van der Waals surface area contributed by atoms with Crippen LogP contribution in [0, 0.1) is 12.8 Å². The third-order valence-electron chi connectivity index (χ3n) is 4.17. The molecule has 2 nitrogen and oxygen atoms in total. The Balaban J connectivity index is 2.17. The predicted octanol–water partition coefficient (Wildman–Crippen LogP) is 3.61. The van der Waals surface area contributed by atoms with Gasteiger partial charge in [-0.25, -0.2) is 4.57 Å². The van der Waals surface area contributed by atoms with E-state index in [1.54, 1.807) is 12.5 Å². The third kappa shape index (κ3) is 2.60. The second-order valence-corrected chi connectivity index (χ2v) is 5.71. The Bertz CT molecular complexity index is 677. The van der Waals surface area contributed by atoms with Crippen LogP contribution in [0.25, 0.3) is 11.3 Å². The Morgan fingerprint density at radius 1 is 1.30 bits per heavy atom. The highest BCUT2D eigenvalue weighted by atomic mass is 15.0. The monoisotopic (exact) mass is 269 g/mol. The zero-order chi connectivity index (χ0) is 15.7. The molecule has 104 valence electrons. The van der Waals surface area contributed by atoms with Crippen LogP contribution in [-0.4, -0.2) is 4.98 Å². The molecule has 2 aromatic rings. The topological polar surface area (TPSA) is 16.8 Å². The molecule has 0 saturated heterocycles. The smallest absolute Gasteiger partial charge is 0.232 e. The number of hydrogen-bond donors (Lipinski definition) is 0. The van der Waals surface area contributed by atoms with E-state index in [-0.39, 0.29) is 5.92 Å². The molecule has 0 atom stereocenters. The number of aryl methyl sites for hydroxylation is 2. The van der Waals surface area contributed by atoms with Gasteiger partial charge in [0.1, 0.15) is 11.9 Å². The fraction of sp³-hybridized carbons (Fsp3) is 0.444. The van der Waals surface area contributed by atoms with Crippen LogP contribution in [0.5, 0.6) is 0 Å². The van der Waals surface area contributed by atoms with E-state index < -0.39 is 6.37 Å². The van der Waals surface area contributed by atoms with Crippen molar-refractivity contribution in [1.82, 2.24) is 4.98 Å². The standard InChI is InChI=1S/C18H23N2/c1-14-7-3-6-10-17(14)18-16(12-19-13-20(18)2)11-15-8-4-5-9-15/h3,6-7,10,12-13,15H,4-5,8-9,11H2,1-2H3/q+1/i11D2. The van der Waals surface area contributed by atoms with Crippen molar-refractivity contribution in [3.63, 3.8) is 0 Å². The Hall–Kier alpha value is -1.70. The van der Waals surface area contributed by atoms with Gasteiger partial charge in [0, 0.05) is 13.9 Å². The maximum atomic E-state index is 8.74. The fourth-order valence-electron chi connectivity index (χ4n) is 3.09. The zero-order valence-electron chi connectivity index (χ0n) is 14.3. The molecule has 2 heteroatoms. The highest BCUT2D eigenvalue weighted by molar-refractivity contribution is 5.63. The highest BCUT2D eigenvalue weighted by Crippen LogP contribution is 2.31. The van der Waals surface area contributed by atoms with Gasteiger partial charge >= 0.3 is 0 Å². The minimum Gasteiger partial charge on any atom is -0.232 e. The molecular weight excluding hydrogens is 244 g/mol. The summed E-state index contributed by atoms with van der Waals surface area (Å²) in [6.45, 7) is 2.07. The molecule has 1 aromatic heterocycles. The van der Waals surface area contributed by atoms with Gasteiger partial charge in [-0.15, -0.1) is 0 Å². The summed E-state index contributed by atoms with van der Waals surface area (Å²) < 4.78 is 19.4. The van der Waals surface area contributed by atoms with E-state index in [4.69, 9.17) is 2.74 Å². The summed E-state index contributed by atoms with van der Waals surface area (Å²) in [5, 5.41) is 0. The van der Waals surface area contributed by atoms with E-state index in [9.17, 15) is 0 Å². The molecule has 0 N–H and O–H groups in total. The molecule has 0 amide bonds. The van der Waals surface area contributed by atoms with Crippen LogP contribution >= 0.6 is 0 Å². The van der Waals surface area contributed by atoms with Crippen molar-refractivity contribution in [3.05, 3.63) is 47.9 Å². The van der Waals surface area contributed by atoms with Crippen LogP contribution in [0.3, 0.4) is 0 Å². The molecule has 0 spiro atoms. The lowest BCUT2D eigenvalue weighted by molar-refractivity contribution is -0.663. The lowest BCUT2D eigenvalue weighted by atomic mass is 9.94. The van der Waals surface area contributed by atoms with Crippen LogP contribution in [0.4, 0.5) is 0 Å². The Morgan fingerprint density at radius 3 is 2.80 bits per heavy atom. The van der Waals surface area contributed by atoms with Gasteiger partial charge in [0.15, 0.2) is 0 Å². The van der Waals surface area contributed by atoms with Gasteiger partial charge in [-0.2, -0.15) is 0 Å². The quantitative estimate of drug-likeness (QED) is 0.778. The van der Waals surface area contributed by atoms with E-state index in [1.807, 2.05) is 23.7 Å². The van der Waals surface area contributed by atoms with E-state index in [2.05, 4.69) is 24.0 Å². The summed E-state index contributed by atoms with van der Waals surface area (Å²) in [5.74, 6) is 0.0967. The van der Waals surface area contributed by atoms with E-state index in [0.717, 1.165) is 48.1 Å². The average Bonchev–Trinajstić information content (AvgIpc) is 3.03. The number of hydrogen-bond acceptors (Lipinski definition) is 1. The van der Waals surface area contributed by atoms with Crippen molar-refractivity contribution in [2.75, 3.05) is 0 Å². The Morgan fingerprint density at radius 2 is 2.05 bits per heavy atom. The first-order valence-corrected chi connectivity index (χ1v) is 7.42. The van der Waals surface area contributed by atoms with E-state index in [1.165, 1.54) is 0 Å². The minimum atomic E-state index is -1.33. The number of benzene rings is 1. The lowest BCUT2D eigenvalue weighted by Crippen LogP contribution is -2.33. The van der Waals surface area contributed by atoms with Gasteiger partial charge < -0.3 is 0 Å². The van der Waals surface area contributed by atoms with Gasteiger partial charge in [-0.1, -0.05) is 54.9 Å². The third-order valence-corrected chi connectivity index (χ3v) is 4.17. The van der Waals surface area contributed by atoms with Crippen molar-refractivity contribution >= 4 is 0 Å². The molecule has 0 aliphatic heterocycles. The molecule has 0 bridgehead atoms. The molecule has 1 aliphatic carbocycles. The van der Waals surface area contributed by atoms with Crippen LogP contribution in [-0.2, 0) is 13.4 Å². The summed E-state index contributed by atoms with van der Waals surface area (Å²) in [6.07, 6.45) is 6.36. The van der Waals surface area contributed by atoms with Crippen molar-refractivity contribution in [2.45, 2.75) is 39.0 Å². The number of nitrogens with zero attached hydrogens (tertiary/aromatic N) is 2. The second-order valence-electron chi connectivity index (χ2n) is 5.71. The van der Waals surface area contributed by atoms with Crippen molar-refractivity contribution in [1.29, 1.82) is 0 Å². The molecule has 0 radical (unpaired) electrons. The number of rotatable bonds is 3. The first-order chi connectivity index (χ1) is 10.5.